The summed E-state index contributed by atoms with van der Waals surface area (Å²) in [4.78, 5) is 18.9. The second kappa shape index (κ2) is 5.23. The molecule has 3 unspecified atom stereocenters. The molecule has 0 aromatic carbocycles. The Labute approximate surface area is 113 Å². The predicted octanol–water partition coefficient (Wildman–Crippen LogP) is 2.26. The maximum absolute atomic E-state index is 12.6. The van der Waals surface area contributed by atoms with E-state index in [4.69, 9.17) is 9.05 Å². The highest BCUT2D eigenvalue weighted by atomic mass is 31.2. The molecule has 0 aromatic heterocycles. The molecular formula is C10H22O7P2. The highest BCUT2D eigenvalue weighted by Gasteiger charge is 2.73. The first kappa shape index (κ1) is 17.3. The van der Waals surface area contributed by atoms with E-state index in [0.717, 1.165) is 0 Å². The fourth-order valence-corrected chi connectivity index (χ4v) is 7.35. The van der Waals surface area contributed by atoms with E-state index in [1.807, 2.05) is 0 Å². The predicted molar refractivity (Wildman–Crippen MR) is 69.8 cm³/mol. The third kappa shape index (κ3) is 2.36. The number of hydrogen-bond acceptors (Lipinski definition) is 5. The quantitative estimate of drug-likeness (QED) is 0.667. The average Bonchev–Trinajstić information content (AvgIpc) is 2.45. The van der Waals surface area contributed by atoms with Crippen molar-refractivity contribution in [3.05, 3.63) is 0 Å². The fraction of sp³-hybridized carbons (Fsp3) is 1.00. The maximum Gasteiger partial charge on any atom is 0.363 e. The van der Waals surface area contributed by atoms with E-state index in [1.54, 1.807) is 20.8 Å². The van der Waals surface area contributed by atoms with Crippen molar-refractivity contribution in [2.45, 2.75) is 51.7 Å². The first-order chi connectivity index (χ1) is 8.52. The largest absolute Gasteiger partial charge is 0.377 e. The number of aliphatic hydroxyl groups is 1. The van der Waals surface area contributed by atoms with Crippen LogP contribution < -0.4 is 0 Å². The van der Waals surface area contributed by atoms with Crippen LogP contribution in [0.3, 0.4) is 0 Å². The monoisotopic (exact) mass is 316 g/mol. The first-order valence-electron chi connectivity index (χ1n) is 6.23. The van der Waals surface area contributed by atoms with E-state index < -0.39 is 31.8 Å². The van der Waals surface area contributed by atoms with Crippen LogP contribution in [0, 0.1) is 5.41 Å². The lowest BCUT2D eigenvalue weighted by Gasteiger charge is -2.40. The molecule has 0 bridgehead atoms. The summed E-state index contributed by atoms with van der Waals surface area (Å²) in [6.45, 7) is 6.21. The highest BCUT2D eigenvalue weighted by molar-refractivity contribution is 7.58. The van der Waals surface area contributed by atoms with Crippen molar-refractivity contribution in [2.75, 3.05) is 6.61 Å². The minimum Gasteiger partial charge on any atom is -0.377 e. The van der Waals surface area contributed by atoms with Crippen molar-refractivity contribution in [3.8, 4) is 0 Å². The lowest BCUT2D eigenvalue weighted by Crippen LogP contribution is -2.46. The molecule has 7 nitrogen and oxygen atoms in total. The summed E-state index contributed by atoms with van der Waals surface area (Å²) >= 11 is 0. The van der Waals surface area contributed by atoms with Gasteiger partial charge in [0.05, 0.1) is 6.61 Å². The van der Waals surface area contributed by atoms with E-state index in [9.17, 15) is 24.0 Å². The highest BCUT2D eigenvalue weighted by Crippen LogP contribution is 2.79. The Bertz CT molecular complexity index is 424. The van der Waals surface area contributed by atoms with Gasteiger partial charge in [-0.05, 0) is 26.7 Å². The standard InChI is InChI=1S/C10H22O7P2/c1-5-10(6-2)8(18(12,13)14)17-19(15,16-7-3)9(10,4)11/h8,11H,5-7H2,1-4H3,(H2,12,13,14). The summed E-state index contributed by atoms with van der Waals surface area (Å²) in [7, 11) is -8.70. The summed E-state index contributed by atoms with van der Waals surface area (Å²) in [6.07, 6.45) is 0.423. The van der Waals surface area contributed by atoms with Gasteiger partial charge in [-0.2, -0.15) is 0 Å². The van der Waals surface area contributed by atoms with Gasteiger partial charge in [0.25, 0.3) is 0 Å². The zero-order chi connectivity index (χ0) is 15.1. The van der Waals surface area contributed by atoms with Crippen LogP contribution in [0.1, 0.15) is 40.5 Å². The molecule has 114 valence electrons. The molecule has 1 fully saturated rings. The molecule has 0 radical (unpaired) electrons. The SMILES string of the molecule is CCOP1(=O)OC(P(=O)(O)O)C(CC)(CC)C1(C)O. The molecule has 1 rings (SSSR count). The van der Waals surface area contributed by atoms with Crippen LogP contribution in [0.4, 0.5) is 0 Å². The summed E-state index contributed by atoms with van der Waals surface area (Å²) in [5.74, 6) is -1.62. The maximum atomic E-state index is 12.6. The molecule has 0 aliphatic carbocycles. The summed E-state index contributed by atoms with van der Waals surface area (Å²) < 4.78 is 34.4. The van der Waals surface area contributed by atoms with Crippen molar-refractivity contribution in [2.24, 2.45) is 5.41 Å². The Morgan fingerprint density at radius 1 is 1.32 bits per heavy atom. The number of rotatable bonds is 5. The Balaban J connectivity index is 3.46. The smallest absolute Gasteiger partial charge is 0.363 e. The first-order valence-corrected chi connectivity index (χ1v) is 9.45. The van der Waals surface area contributed by atoms with Gasteiger partial charge < -0.3 is 19.4 Å². The van der Waals surface area contributed by atoms with Crippen molar-refractivity contribution in [3.63, 3.8) is 0 Å². The Kier molecular flexibility index (Phi) is 4.76. The zero-order valence-corrected chi connectivity index (χ0v) is 13.4. The van der Waals surface area contributed by atoms with E-state index in [1.165, 1.54) is 6.92 Å². The minimum atomic E-state index is -4.69. The van der Waals surface area contributed by atoms with Crippen LogP contribution in [-0.2, 0) is 18.2 Å². The lowest BCUT2D eigenvalue weighted by atomic mass is 9.77. The summed E-state index contributed by atoms with van der Waals surface area (Å²) in [5, 5.41) is 8.69. The molecule has 0 aromatic rings. The molecule has 1 aliphatic heterocycles. The molecule has 3 N–H and O–H groups in total. The van der Waals surface area contributed by atoms with Crippen LogP contribution in [0.25, 0.3) is 0 Å². The van der Waals surface area contributed by atoms with Gasteiger partial charge >= 0.3 is 15.2 Å². The van der Waals surface area contributed by atoms with Gasteiger partial charge in [0.15, 0.2) is 11.2 Å². The van der Waals surface area contributed by atoms with E-state index >= 15 is 0 Å². The lowest BCUT2D eigenvalue weighted by molar-refractivity contribution is -0.0201. The molecule has 1 aliphatic rings. The molecule has 1 heterocycles. The van der Waals surface area contributed by atoms with Crippen LogP contribution in [0.2, 0.25) is 0 Å². The van der Waals surface area contributed by atoms with Gasteiger partial charge in [-0.25, -0.2) is 0 Å². The van der Waals surface area contributed by atoms with Crippen LogP contribution >= 0.6 is 15.2 Å². The van der Waals surface area contributed by atoms with Crippen molar-refractivity contribution < 1.29 is 33.1 Å². The van der Waals surface area contributed by atoms with Gasteiger partial charge in [-0.1, -0.05) is 13.8 Å². The van der Waals surface area contributed by atoms with Crippen LogP contribution in [-0.4, -0.2) is 32.7 Å². The van der Waals surface area contributed by atoms with Gasteiger partial charge in [-0.3, -0.25) is 13.7 Å². The average molecular weight is 316 g/mol. The molecule has 1 saturated heterocycles. The summed E-state index contributed by atoms with van der Waals surface area (Å²) in [6, 6.07) is 0. The Hall–Kier alpha value is 0.260. The molecule has 9 heteroatoms. The Morgan fingerprint density at radius 2 is 1.79 bits per heavy atom. The zero-order valence-electron chi connectivity index (χ0n) is 11.6. The van der Waals surface area contributed by atoms with Gasteiger partial charge in [0.2, 0.25) is 0 Å². The van der Waals surface area contributed by atoms with Gasteiger partial charge in [0, 0.05) is 5.41 Å². The molecule has 3 atom stereocenters. The third-order valence-corrected chi connectivity index (χ3v) is 8.03. The van der Waals surface area contributed by atoms with Gasteiger partial charge in [-0.15, -0.1) is 0 Å². The second-order valence-electron chi connectivity index (χ2n) is 4.85. The summed E-state index contributed by atoms with van der Waals surface area (Å²) in [5.41, 5.74) is -1.31. The van der Waals surface area contributed by atoms with Crippen molar-refractivity contribution >= 4 is 15.2 Å². The van der Waals surface area contributed by atoms with Crippen LogP contribution in [0.5, 0.6) is 0 Å². The topological polar surface area (TPSA) is 113 Å². The van der Waals surface area contributed by atoms with Crippen molar-refractivity contribution in [1.29, 1.82) is 0 Å². The van der Waals surface area contributed by atoms with Crippen molar-refractivity contribution in [1.82, 2.24) is 0 Å². The molecule has 19 heavy (non-hydrogen) atoms. The molecule has 0 amide bonds. The minimum absolute atomic E-state index is 0.0187. The molecule has 0 spiro atoms. The Morgan fingerprint density at radius 3 is 2.05 bits per heavy atom. The third-order valence-electron chi connectivity index (χ3n) is 4.05. The normalized spacial score (nSPS) is 38.6. The number of hydrogen-bond donors (Lipinski definition) is 3. The molecular weight excluding hydrogens is 294 g/mol. The van der Waals surface area contributed by atoms with E-state index in [2.05, 4.69) is 0 Å². The van der Waals surface area contributed by atoms with E-state index in [0.29, 0.717) is 0 Å². The van der Waals surface area contributed by atoms with E-state index in [-0.39, 0.29) is 19.4 Å². The molecule has 0 saturated carbocycles. The second-order valence-corrected chi connectivity index (χ2v) is 8.83. The fourth-order valence-electron chi connectivity index (χ4n) is 2.82. The van der Waals surface area contributed by atoms with Crippen LogP contribution in [0.15, 0.2) is 0 Å². The van der Waals surface area contributed by atoms with Gasteiger partial charge in [0.1, 0.15) is 0 Å².